The zero-order chi connectivity index (χ0) is 17.5. The van der Waals surface area contributed by atoms with Crippen LogP contribution in [0.1, 0.15) is 6.92 Å². The molecule has 2 rings (SSSR count). The molecular formula is C13H24O10. The molecule has 10 heteroatoms. The van der Waals surface area contributed by atoms with Gasteiger partial charge in [0.1, 0.15) is 42.7 Å². The van der Waals surface area contributed by atoms with Crippen LogP contribution >= 0.6 is 0 Å². The molecule has 0 aromatic rings. The first-order valence-electron chi connectivity index (χ1n) is 7.39. The van der Waals surface area contributed by atoms with Gasteiger partial charge in [-0.15, -0.1) is 0 Å². The molecule has 2 aliphatic rings. The summed E-state index contributed by atoms with van der Waals surface area (Å²) in [6.45, 7) is 0.773. The Balaban J connectivity index is 2.13. The molecule has 1 aliphatic heterocycles. The number of aliphatic hydroxyl groups excluding tert-OH is 8. The largest absolute Gasteiger partial charge is 0.394 e. The Morgan fingerprint density at radius 1 is 0.739 bits per heavy atom. The van der Waals surface area contributed by atoms with Crippen molar-refractivity contribution in [3.8, 4) is 0 Å². The summed E-state index contributed by atoms with van der Waals surface area (Å²) in [5.41, 5.74) is 0. The van der Waals surface area contributed by atoms with Crippen LogP contribution in [0.25, 0.3) is 0 Å². The molecule has 0 amide bonds. The Labute approximate surface area is 132 Å². The van der Waals surface area contributed by atoms with Crippen molar-refractivity contribution in [2.75, 3.05) is 6.61 Å². The number of hydrogen-bond acceptors (Lipinski definition) is 10. The molecule has 0 bridgehead atoms. The van der Waals surface area contributed by atoms with Crippen LogP contribution in [0.3, 0.4) is 0 Å². The summed E-state index contributed by atoms with van der Waals surface area (Å²) in [4.78, 5) is 0. The van der Waals surface area contributed by atoms with Crippen molar-refractivity contribution >= 4 is 0 Å². The number of ether oxygens (including phenoxy) is 2. The van der Waals surface area contributed by atoms with Crippen LogP contribution < -0.4 is 0 Å². The molecule has 0 unspecified atom stereocenters. The van der Waals surface area contributed by atoms with Gasteiger partial charge in [0.15, 0.2) is 6.29 Å². The Kier molecular flexibility index (Phi) is 5.95. The van der Waals surface area contributed by atoms with Gasteiger partial charge in [-0.1, -0.05) is 6.92 Å². The fourth-order valence-corrected chi connectivity index (χ4v) is 2.91. The molecule has 0 radical (unpaired) electrons. The van der Waals surface area contributed by atoms with Gasteiger partial charge in [0.25, 0.3) is 0 Å². The van der Waals surface area contributed by atoms with Crippen molar-refractivity contribution in [2.45, 2.75) is 68.1 Å². The lowest BCUT2D eigenvalue weighted by molar-refractivity contribution is -0.336. The van der Waals surface area contributed by atoms with E-state index in [4.69, 9.17) is 14.6 Å². The summed E-state index contributed by atoms with van der Waals surface area (Å²) in [5, 5.41) is 78.1. The van der Waals surface area contributed by atoms with E-state index < -0.39 is 73.8 Å². The minimum absolute atomic E-state index is 0.664. The van der Waals surface area contributed by atoms with Crippen molar-refractivity contribution in [3.63, 3.8) is 0 Å². The number of aliphatic hydroxyl groups is 8. The minimum atomic E-state index is -1.72. The maximum atomic E-state index is 10.0. The van der Waals surface area contributed by atoms with Gasteiger partial charge in [0.05, 0.1) is 18.8 Å². The Bertz CT molecular complexity index is 377. The summed E-state index contributed by atoms with van der Waals surface area (Å²) >= 11 is 0. The molecule has 10 nitrogen and oxygen atoms in total. The second-order valence-corrected chi connectivity index (χ2v) is 6.12. The first-order valence-corrected chi connectivity index (χ1v) is 7.39. The average molecular weight is 340 g/mol. The van der Waals surface area contributed by atoms with Crippen LogP contribution in [-0.4, -0.2) is 109 Å². The van der Waals surface area contributed by atoms with Crippen molar-refractivity contribution in [2.24, 2.45) is 5.92 Å². The molecule has 0 aromatic carbocycles. The Hall–Kier alpha value is -0.400. The molecule has 8 N–H and O–H groups in total. The van der Waals surface area contributed by atoms with Crippen LogP contribution in [0.2, 0.25) is 0 Å². The zero-order valence-electron chi connectivity index (χ0n) is 12.5. The molecule has 2 fully saturated rings. The predicted molar refractivity (Wildman–Crippen MR) is 71.8 cm³/mol. The van der Waals surface area contributed by atoms with Gasteiger partial charge in [0, 0.05) is 5.92 Å². The predicted octanol–water partition coefficient (Wildman–Crippen LogP) is -4.74. The van der Waals surface area contributed by atoms with Gasteiger partial charge in [-0.2, -0.15) is 0 Å². The van der Waals surface area contributed by atoms with Crippen molar-refractivity contribution in [1.29, 1.82) is 0 Å². The lowest BCUT2D eigenvalue weighted by Crippen LogP contribution is -2.65. The monoisotopic (exact) mass is 340 g/mol. The highest BCUT2D eigenvalue weighted by Gasteiger charge is 2.51. The molecule has 1 aliphatic carbocycles. The van der Waals surface area contributed by atoms with Gasteiger partial charge in [-0.05, 0) is 0 Å². The van der Waals surface area contributed by atoms with Crippen molar-refractivity contribution in [3.05, 3.63) is 0 Å². The van der Waals surface area contributed by atoms with Crippen molar-refractivity contribution < 1.29 is 50.3 Å². The highest BCUT2D eigenvalue weighted by atomic mass is 16.7. The van der Waals surface area contributed by atoms with Crippen LogP contribution in [0.4, 0.5) is 0 Å². The normalized spacial score (nSPS) is 54.9. The second kappa shape index (κ2) is 7.23. The maximum absolute atomic E-state index is 10.0. The zero-order valence-corrected chi connectivity index (χ0v) is 12.5. The third-order valence-electron chi connectivity index (χ3n) is 4.59. The molecule has 1 saturated carbocycles. The quantitative estimate of drug-likeness (QED) is 0.248. The van der Waals surface area contributed by atoms with Crippen molar-refractivity contribution in [1.82, 2.24) is 0 Å². The van der Waals surface area contributed by atoms with Gasteiger partial charge in [0.2, 0.25) is 0 Å². The topological polar surface area (TPSA) is 180 Å². The average Bonchev–Trinajstić information content (AvgIpc) is 2.54. The first-order chi connectivity index (χ1) is 10.7. The summed E-state index contributed by atoms with van der Waals surface area (Å²) in [6, 6.07) is 0. The molecule has 0 aromatic heterocycles. The molecule has 1 heterocycles. The van der Waals surface area contributed by atoms with E-state index >= 15 is 0 Å². The van der Waals surface area contributed by atoms with Gasteiger partial charge in [-0.3, -0.25) is 0 Å². The van der Waals surface area contributed by atoms with E-state index in [0.717, 1.165) is 0 Å². The third-order valence-corrected chi connectivity index (χ3v) is 4.59. The molecule has 136 valence electrons. The molecule has 0 spiro atoms. The van der Waals surface area contributed by atoms with Gasteiger partial charge < -0.3 is 50.3 Å². The highest BCUT2D eigenvalue weighted by molar-refractivity contribution is 4.99. The standard InChI is InChI=1S/C13H24O10/c1-3-5(15)9(19)12(10(20)6(3)16)23-13-11(21)8(18)7(17)4(2-14)22-13/h3-21H,2H2,1H3/t3?,4-,5+,6+,7+,8-,9+,10+,11-,12?,13-/m0/s1. The lowest BCUT2D eigenvalue weighted by atomic mass is 9.79. The van der Waals surface area contributed by atoms with Crippen LogP contribution in [0, 0.1) is 5.92 Å². The van der Waals surface area contributed by atoms with Crippen LogP contribution in [-0.2, 0) is 9.47 Å². The molecule has 9 atom stereocenters. The Morgan fingerprint density at radius 2 is 1.26 bits per heavy atom. The summed E-state index contributed by atoms with van der Waals surface area (Å²) in [7, 11) is 0. The van der Waals surface area contributed by atoms with Crippen LogP contribution in [0.5, 0.6) is 0 Å². The second-order valence-electron chi connectivity index (χ2n) is 6.12. The fourth-order valence-electron chi connectivity index (χ4n) is 2.91. The van der Waals surface area contributed by atoms with Gasteiger partial charge in [-0.25, -0.2) is 0 Å². The van der Waals surface area contributed by atoms with E-state index in [2.05, 4.69) is 0 Å². The highest BCUT2D eigenvalue weighted by Crippen LogP contribution is 2.31. The summed E-state index contributed by atoms with van der Waals surface area (Å²) < 4.78 is 10.3. The van der Waals surface area contributed by atoms with Gasteiger partial charge >= 0.3 is 0 Å². The van der Waals surface area contributed by atoms with E-state index in [1.807, 2.05) is 0 Å². The van der Waals surface area contributed by atoms with E-state index in [1.165, 1.54) is 6.92 Å². The SMILES string of the molecule is CC1[C@@H](O)[C@@H](O)C(O[C@@H]2O[C@@H](CO)[C@@H](O)[C@H](O)[C@@H]2O)[C@H](O)[C@@H]1O. The fraction of sp³-hybridized carbons (Fsp3) is 1.00. The molecule has 1 saturated heterocycles. The van der Waals surface area contributed by atoms with E-state index in [1.54, 1.807) is 0 Å². The van der Waals surface area contributed by atoms with Crippen LogP contribution in [0.15, 0.2) is 0 Å². The Morgan fingerprint density at radius 3 is 1.74 bits per heavy atom. The summed E-state index contributed by atoms with van der Waals surface area (Å²) in [6.07, 6.45) is -15.2. The van der Waals surface area contributed by atoms with E-state index in [-0.39, 0.29) is 0 Å². The first kappa shape index (κ1) is 18.9. The smallest absolute Gasteiger partial charge is 0.187 e. The maximum Gasteiger partial charge on any atom is 0.187 e. The number of rotatable bonds is 3. The molecular weight excluding hydrogens is 316 g/mol. The molecule has 23 heavy (non-hydrogen) atoms. The third kappa shape index (κ3) is 3.37. The minimum Gasteiger partial charge on any atom is -0.394 e. The number of hydrogen-bond donors (Lipinski definition) is 8. The lowest BCUT2D eigenvalue weighted by Gasteiger charge is -2.46. The van der Waals surface area contributed by atoms with E-state index in [9.17, 15) is 35.7 Å². The summed E-state index contributed by atoms with van der Waals surface area (Å²) in [5.74, 6) is -0.811. The van der Waals surface area contributed by atoms with E-state index in [0.29, 0.717) is 0 Å².